The first kappa shape index (κ1) is 16.5. The fourth-order valence-corrected chi connectivity index (χ4v) is 3.20. The number of anilines is 2. The van der Waals surface area contributed by atoms with Crippen LogP contribution in [0.1, 0.15) is 11.1 Å². The third kappa shape index (κ3) is 3.29. The summed E-state index contributed by atoms with van der Waals surface area (Å²) in [4.78, 5) is 2.04. The molecule has 0 amide bonds. The van der Waals surface area contributed by atoms with E-state index in [1.165, 1.54) is 0 Å². The van der Waals surface area contributed by atoms with E-state index in [0.717, 1.165) is 28.1 Å². The van der Waals surface area contributed by atoms with Crippen molar-refractivity contribution in [2.24, 2.45) is 0 Å². The number of halogens is 2. The van der Waals surface area contributed by atoms with Crippen molar-refractivity contribution in [1.29, 1.82) is 0 Å². The molecule has 0 saturated heterocycles. The average molecular weight is 340 g/mol. The maximum absolute atomic E-state index is 14.5. The quantitative estimate of drug-likeness (QED) is 0.524. The van der Waals surface area contributed by atoms with E-state index >= 15 is 0 Å². The Kier molecular flexibility index (Phi) is 4.59. The lowest BCUT2D eigenvalue weighted by Crippen LogP contribution is -2.11. The zero-order valence-electron chi connectivity index (χ0n) is 14.0. The highest BCUT2D eigenvalue weighted by Gasteiger charge is 2.14. The lowest BCUT2D eigenvalue weighted by atomic mass is 10.0. The highest BCUT2D eigenvalue weighted by Crippen LogP contribution is 2.34. The molecule has 3 aromatic rings. The minimum absolute atomic E-state index is 0.210. The van der Waals surface area contributed by atoms with Crippen molar-refractivity contribution in [1.82, 2.24) is 0 Å². The molecule has 0 aromatic heterocycles. The van der Waals surface area contributed by atoms with Crippen LogP contribution in [0.2, 0.25) is 5.02 Å². The van der Waals surface area contributed by atoms with Gasteiger partial charge in [0.2, 0.25) is 0 Å². The van der Waals surface area contributed by atoms with Crippen LogP contribution in [0.5, 0.6) is 0 Å². The van der Waals surface area contributed by atoms with Gasteiger partial charge in [0.05, 0.1) is 0 Å². The van der Waals surface area contributed by atoms with E-state index in [1.54, 1.807) is 6.07 Å². The Hall–Kier alpha value is -2.32. The van der Waals surface area contributed by atoms with Gasteiger partial charge in [0.15, 0.2) is 0 Å². The molecule has 0 spiro atoms. The highest BCUT2D eigenvalue weighted by atomic mass is 35.5. The molecule has 1 nitrogen and oxygen atoms in total. The lowest BCUT2D eigenvalue weighted by molar-refractivity contribution is 0.630. The molecule has 3 heteroatoms. The molecule has 0 aliphatic rings. The number of hydrogen-bond donors (Lipinski definition) is 0. The van der Waals surface area contributed by atoms with Gasteiger partial charge in [-0.2, -0.15) is 0 Å². The Morgan fingerprint density at radius 3 is 2.29 bits per heavy atom. The molecular weight excluding hydrogens is 321 g/mol. The van der Waals surface area contributed by atoms with Gasteiger partial charge in [0.25, 0.3) is 0 Å². The van der Waals surface area contributed by atoms with Crippen molar-refractivity contribution < 1.29 is 4.39 Å². The molecule has 0 radical (unpaired) electrons. The molecule has 0 atom stereocenters. The third-order valence-electron chi connectivity index (χ3n) is 4.15. The summed E-state index contributed by atoms with van der Waals surface area (Å²) < 4.78 is 14.5. The van der Waals surface area contributed by atoms with Gasteiger partial charge in [0, 0.05) is 29.0 Å². The molecule has 0 unspecified atom stereocenters. The Morgan fingerprint density at radius 1 is 0.917 bits per heavy atom. The predicted octanol–water partition coefficient (Wildman–Crippen LogP) is 6.53. The maximum Gasteiger partial charge on any atom is 0.131 e. The molecule has 3 rings (SSSR count). The summed E-state index contributed by atoms with van der Waals surface area (Å²) >= 11 is 6.19. The van der Waals surface area contributed by atoms with E-state index in [-0.39, 0.29) is 5.82 Å². The molecule has 0 heterocycles. The average Bonchev–Trinajstić information content (AvgIpc) is 2.54. The molecule has 24 heavy (non-hydrogen) atoms. The fourth-order valence-electron chi connectivity index (χ4n) is 2.91. The lowest BCUT2D eigenvalue weighted by Gasteiger charge is -2.23. The van der Waals surface area contributed by atoms with Gasteiger partial charge >= 0.3 is 0 Å². The van der Waals surface area contributed by atoms with Crippen LogP contribution >= 0.6 is 11.6 Å². The summed E-state index contributed by atoms with van der Waals surface area (Å²) in [6.07, 6.45) is 0. The van der Waals surface area contributed by atoms with Crippen molar-refractivity contribution in [3.8, 4) is 11.1 Å². The summed E-state index contributed by atoms with van der Waals surface area (Å²) in [6.45, 7) is 3.93. The Morgan fingerprint density at radius 2 is 1.62 bits per heavy atom. The molecule has 0 bridgehead atoms. The molecule has 0 saturated carbocycles. The van der Waals surface area contributed by atoms with Gasteiger partial charge in [-0.25, -0.2) is 4.39 Å². The first-order valence-electron chi connectivity index (χ1n) is 7.82. The molecule has 0 fully saturated rings. The summed E-state index contributed by atoms with van der Waals surface area (Å²) in [5.74, 6) is -0.210. The molecule has 122 valence electrons. The topological polar surface area (TPSA) is 3.24 Å². The van der Waals surface area contributed by atoms with Crippen LogP contribution in [0.3, 0.4) is 0 Å². The highest BCUT2D eigenvalue weighted by molar-refractivity contribution is 6.31. The number of hydrogen-bond acceptors (Lipinski definition) is 1. The largest absolute Gasteiger partial charge is 0.344 e. The molecule has 0 aliphatic carbocycles. The normalized spacial score (nSPS) is 10.7. The molecule has 0 N–H and O–H groups in total. The van der Waals surface area contributed by atoms with Gasteiger partial charge < -0.3 is 4.90 Å². The second kappa shape index (κ2) is 6.66. The van der Waals surface area contributed by atoms with Gasteiger partial charge in [-0.3, -0.25) is 0 Å². The van der Waals surface area contributed by atoms with Crippen LogP contribution in [0.25, 0.3) is 11.1 Å². The zero-order valence-corrected chi connectivity index (χ0v) is 14.7. The third-order valence-corrected chi connectivity index (χ3v) is 4.36. The van der Waals surface area contributed by atoms with Crippen LogP contribution in [0.15, 0.2) is 60.7 Å². The van der Waals surface area contributed by atoms with E-state index < -0.39 is 0 Å². The molecular formula is C21H19ClFN. The van der Waals surface area contributed by atoms with E-state index in [1.807, 2.05) is 74.3 Å². The van der Waals surface area contributed by atoms with Crippen molar-refractivity contribution in [3.63, 3.8) is 0 Å². The smallest absolute Gasteiger partial charge is 0.131 e. The molecule has 3 aromatic carbocycles. The first-order valence-corrected chi connectivity index (χ1v) is 8.20. The van der Waals surface area contributed by atoms with Crippen LogP contribution in [-0.4, -0.2) is 7.05 Å². The van der Waals surface area contributed by atoms with Crippen LogP contribution in [0.4, 0.5) is 15.8 Å². The minimum atomic E-state index is -0.210. The Labute approximate surface area is 147 Å². The van der Waals surface area contributed by atoms with E-state index in [9.17, 15) is 4.39 Å². The van der Waals surface area contributed by atoms with Gasteiger partial charge in [-0.05, 0) is 60.9 Å². The Balaban J connectivity index is 2.10. The van der Waals surface area contributed by atoms with Crippen molar-refractivity contribution in [2.75, 3.05) is 11.9 Å². The number of nitrogens with zero attached hydrogens (tertiary/aromatic N) is 1. The second-order valence-electron chi connectivity index (χ2n) is 6.03. The summed E-state index contributed by atoms with van der Waals surface area (Å²) in [5.41, 5.74) is 5.37. The van der Waals surface area contributed by atoms with E-state index in [2.05, 4.69) is 6.07 Å². The van der Waals surface area contributed by atoms with Gasteiger partial charge in [0.1, 0.15) is 5.82 Å². The Bertz CT molecular complexity index is 854. The van der Waals surface area contributed by atoms with Crippen LogP contribution in [0, 0.1) is 19.7 Å². The van der Waals surface area contributed by atoms with Crippen LogP contribution < -0.4 is 4.90 Å². The summed E-state index contributed by atoms with van der Waals surface area (Å²) in [7, 11) is 1.97. The standard InChI is InChI=1S/C21H19ClFN/c1-14-9-17(22)12-18(10-14)24(3)21-13-19(20(23)11-15(21)2)16-7-5-4-6-8-16/h4-13H,1-3H3. The number of rotatable bonds is 3. The van der Waals surface area contributed by atoms with E-state index in [0.29, 0.717) is 10.6 Å². The van der Waals surface area contributed by atoms with Crippen molar-refractivity contribution in [2.45, 2.75) is 13.8 Å². The van der Waals surface area contributed by atoms with Crippen LogP contribution in [-0.2, 0) is 0 Å². The molecule has 0 aliphatic heterocycles. The van der Waals surface area contributed by atoms with Gasteiger partial charge in [-0.1, -0.05) is 41.9 Å². The monoisotopic (exact) mass is 339 g/mol. The number of aryl methyl sites for hydroxylation is 2. The SMILES string of the molecule is Cc1cc(Cl)cc(N(C)c2cc(-c3ccccc3)c(F)cc2C)c1. The second-order valence-corrected chi connectivity index (χ2v) is 6.47. The van der Waals surface area contributed by atoms with Crippen molar-refractivity contribution in [3.05, 3.63) is 82.6 Å². The summed E-state index contributed by atoms with van der Waals surface area (Å²) in [6, 6.07) is 19.0. The maximum atomic E-state index is 14.5. The number of benzene rings is 3. The fraction of sp³-hybridized carbons (Fsp3) is 0.143. The van der Waals surface area contributed by atoms with E-state index in [4.69, 9.17) is 11.6 Å². The first-order chi connectivity index (χ1) is 11.5. The zero-order chi connectivity index (χ0) is 17.3. The van der Waals surface area contributed by atoms with Gasteiger partial charge in [-0.15, -0.1) is 0 Å². The summed E-state index contributed by atoms with van der Waals surface area (Å²) in [5, 5.41) is 0.694. The predicted molar refractivity (Wildman–Crippen MR) is 101 cm³/mol. The van der Waals surface area contributed by atoms with Crippen molar-refractivity contribution >= 4 is 23.0 Å². The minimum Gasteiger partial charge on any atom is -0.344 e.